The molecule has 148 valence electrons. The van der Waals surface area contributed by atoms with Crippen LogP contribution in [0.4, 0.5) is 0 Å². The highest BCUT2D eigenvalue weighted by Gasteiger charge is 2.29. The van der Waals surface area contributed by atoms with Gasteiger partial charge in [-0.15, -0.1) is 0 Å². The lowest BCUT2D eigenvalue weighted by Crippen LogP contribution is -2.36. The van der Waals surface area contributed by atoms with Crippen LogP contribution in [0.1, 0.15) is 27.2 Å². The molecule has 0 spiro atoms. The number of nitrogens with zero attached hydrogens (tertiary/aromatic N) is 1. The van der Waals surface area contributed by atoms with E-state index in [0.717, 1.165) is 12.0 Å². The molecule has 0 amide bonds. The summed E-state index contributed by atoms with van der Waals surface area (Å²) in [6, 6.07) is 6.93. The number of esters is 1. The molecule has 5 nitrogen and oxygen atoms in total. The summed E-state index contributed by atoms with van der Waals surface area (Å²) in [5, 5.41) is 0. The van der Waals surface area contributed by atoms with Gasteiger partial charge in [0.15, 0.2) is 11.4 Å². The average molecular weight is 392 g/mol. The molecule has 0 aliphatic rings. The minimum Gasteiger partial charge on any atom is -0.588 e. The number of carbonyl (C=O) groups excluding carboxylic acids is 1. The summed E-state index contributed by atoms with van der Waals surface area (Å²) in [7, 11) is 2.89. The van der Waals surface area contributed by atoms with Crippen LogP contribution in [-0.2, 0) is 20.9 Å². The van der Waals surface area contributed by atoms with E-state index in [0.29, 0.717) is 22.3 Å². The fourth-order valence-electron chi connectivity index (χ4n) is 2.48. The summed E-state index contributed by atoms with van der Waals surface area (Å²) >= 11 is -1.60. The second kappa shape index (κ2) is 11.5. The molecule has 0 saturated heterocycles. The van der Waals surface area contributed by atoms with E-state index in [-0.39, 0.29) is 6.54 Å². The van der Waals surface area contributed by atoms with E-state index in [1.54, 1.807) is 47.8 Å². The largest absolute Gasteiger partial charge is 0.588 e. The molecule has 0 heterocycles. The first-order valence-corrected chi connectivity index (χ1v) is 9.92. The molecule has 0 saturated carbocycles. The monoisotopic (exact) mass is 391 g/mol. The van der Waals surface area contributed by atoms with Gasteiger partial charge in [-0.3, -0.25) is 0 Å². The molecule has 27 heavy (non-hydrogen) atoms. The predicted molar refractivity (Wildman–Crippen MR) is 110 cm³/mol. The first-order chi connectivity index (χ1) is 12.9. The van der Waals surface area contributed by atoms with Crippen molar-refractivity contribution in [3.8, 4) is 5.75 Å². The van der Waals surface area contributed by atoms with Crippen molar-refractivity contribution < 1.29 is 18.8 Å². The Hall–Kier alpha value is -2.18. The Morgan fingerprint density at radius 3 is 2.37 bits per heavy atom. The maximum absolute atomic E-state index is 13.3. The fourth-order valence-corrected chi connectivity index (χ4v) is 3.69. The van der Waals surface area contributed by atoms with Crippen molar-refractivity contribution in [3.63, 3.8) is 0 Å². The molecular weight excluding hydrogens is 362 g/mol. The Balaban J connectivity index is 3.39. The number of benzene rings is 1. The maximum atomic E-state index is 13.3. The van der Waals surface area contributed by atoms with E-state index in [1.165, 1.54) is 7.11 Å². The third kappa shape index (κ3) is 6.81. The van der Waals surface area contributed by atoms with Crippen LogP contribution < -0.4 is 4.74 Å². The number of rotatable bonds is 10. The smallest absolute Gasteiger partial charge is 0.330 e. The highest BCUT2D eigenvalue weighted by molar-refractivity contribution is 7.89. The normalized spacial score (nSPS) is 13.3. The molecule has 1 rings (SSSR count). The summed E-state index contributed by atoms with van der Waals surface area (Å²) in [5.74, 6) is 0.514. The highest BCUT2D eigenvalue weighted by Crippen LogP contribution is 2.28. The van der Waals surface area contributed by atoms with Gasteiger partial charge in [-0.25, -0.2) is 4.79 Å². The fraction of sp³-hybridized carbons (Fsp3) is 0.381. The first-order valence-electron chi connectivity index (χ1n) is 8.81. The lowest BCUT2D eigenvalue weighted by molar-refractivity contribution is -0.140. The quantitative estimate of drug-likeness (QED) is 0.339. The van der Waals surface area contributed by atoms with E-state index in [1.807, 2.05) is 6.92 Å². The molecule has 1 unspecified atom stereocenters. The molecule has 1 atom stereocenters. The van der Waals surface area contributed by atoms with Crippen LogP contribution in [0.2, 0.25) is 0 Å². The van der Waals surface area contributed by atoms with Crippen LogP contribution in [0.5, 0.6) is 5.75 Å². The summed E-state index contributed by atoms with van der Waals surface area (Å²) in [4.78, 5) is 12.6. The zero-order chi connectivity index (χ0) is 20.4. The number of hydrogen-bond acceptors (Lipinski definition) is 5. The zero-order valence-corrected chi connectivity index (χ0v) is 17.5. The van der Waals surface area contributed by atoms with E-state index in [4.69, 9.17) is 9.47 Å². The lowest BCUT2D eigenvalue weighted by Gasteiger charge is -2.28. The van der Waals surface area contributed by atoms with Gasteiger partial charge < -0.3 is 14.0 Å². The molecule has 6 heteroatoms. The van der Waals surface area contributed by atoms with Gasteiger partial charge in [0.1, 0.15) is 17.1 Å². The summed E-state index contributed by atoms with van der Waals surface area (Å²) in [6.45, 7) is 9.81. The second-order valence-corrected chi connectivity index (χ2v) is 7.53. The highest BCUT2D eigenvalue weighted by atomic mass is 32.2. The minimum absolute atomic E-state index is 0.135. The van der Waals surface area contributed by atoms with E-state index < -0.39 is 17.3 Å². The van der Waals surface area contributed by atoms with Crippen molar-refractivity contribution in [1.82, 2.24) is 4.31 Å². The number of carbonyl (C=O) groups is 1. The topological polar surface area (TPSA) is 61.8 Å². The van der Waals surface area contributed by atoms with E-state index >= 15 is 0 Å². The van der Waals surface area contributed by atoms with Crippen LogP contribution in [0, 0.1) is 5.92 Å². The summed E-state index contributed by atoms with van der Waals surface area (Å²) in [5.41, 5.74) is 1.69. The molecular formula is C21H29NO4S. The second-order valence-electron chi connectivity index (χ2n) is 6.11. The number of methoxy groups -OCH3 is 2. The van der Waals surface area contributed by atoms with Gasteiger partial charge in [-0.1, -0.05) is 39.5 Å². The molecule has 1 aromatic rings. The van der Waals surface area contributed by atoms with E-state index in [9.17, 15) is 9.35 Å². The van der Waals surface area contributed by atoms with Crippen molar-refractivity contribution in [3.05, 3.63) is 60.3 Å². The Labute approximate surface area is 165 Å². The standard InChI is InChI=1S/C21H29NO4S/c1-7-9-20(17(8-2)14-16(3)4)22(15-21(23)26-6)27(24)19-12-10-18(25-5)11-13-19/h7,9-14,16H,1,8,15H2,2-6H3/b17-14+,20-9+. The Bertz CT molecular complexity index is 680. The van der Waals surface area contributed by atoms with Crippen LogP contribution in [-0.4, -0.2) is 35.6 Å². The Morgan fingerprint density at radius 2 is 1.93 bits per heavy atom. The van der Waals surface area contributed by atoms with Crippen molar-refractivity contribution in [2.45, 2.75) is 32.1 Å². The maximum Gasteiger partial charge on any atom is 0.330 e. The van der Waals surface area contributed by atoms with Gasteiger partial charge in [0.2, 0.25) is 0 Å². The molecule has 0 fully saturated rings. The Morgan fingerprint density at radius 1 is 1.30 bits per heavy atom. The van der Waals surface area contributed by atoms with Crippen molar-refractivity contribution in [1.29, 1.82) is 0 Å². The van der Waals surface area contributed by atoms with E-state index in [2.05, 4.69) is 26.5 Å². The van der Waals surface area contributed by atoms with Crippen molar-refractivity contribution >= 4 is 17.3 Å². The van der Waals surface area contributed by atoms with Gasteiger partial charge in [0.05, 0.1) is 19.9 Å². The molecule has 0 aliphatic carbocycles. The predicted octanol–water partition coefficient (Wildman–Crippen LogP) is 4.26. The van der Waals surface area contributed by atoms with Crippen molar-refractivity contribution in [2.75, 3.05) is 20.8 Å². The number of allylic oxidation sites excluding steroid dienone is 4. The van der Waals surface area contributed by atoms with Crippen LogP contribution in [0.3, 0.4) is 0 Å². The molecule has 0 radical (unpaired) electrons. The van der Waals surface area contributed by atoms with Gasteiger partial charge in [0, 0.05) is 0 Å². The van der Waals surface area contributed by atoms with Crippen molar-refractivity contribution in [2.24, 2.45) is 5.92 Å². The SMILES string of the molecule is C=C/C=C(\C(=C\C(C)C)CC)N(CC(=O)OC)[S+]([O-])c1ccc(OC)cc1. The van der Waals surface area contributed by atoms with Gasteiger partial charge in [-0.05, 0) is 48.3 Å². The lowest BCUT2D eigenvalue weighted by atomic mass is 10.0. The minimum atomic E-state index is -1.60. The third-order valence-corrected chi connectivity index (χ3v) is 5.15. The Kier molecular flexibility index (Phi) is 9.75. The van der Waals surface area contributed by atoms with Gasteiger partial charge >= 0.3 is 5.97 Å². The summed E-state index contributed by atoms with van der Waals surface area (Å²) < 4.78 is 24.8. The molecule has 0 aliphatic heterocycles. The van der Waals surface area contributed by atoms with Crippen LogP contribution in [0.25, 0.3) is 0 Å². The molecule has 0 N–H and O–H groups in total. The van der Waals surface area contributed by atoms with Gasteiger partial charge in [-0.2, -0.15) is 4.31 Å². The zero-order valence-electron chi connectivity index (χ0n) is 16.7. The number of hydrogen-bond donors (Lipinski definition) is 0. The number of ether oxygens (including phenoxy) is 2. The first kappa shape index (κ1) is 22.9. The third-order valence-electron chi connectivity index (χ3n) is 3.75. The van der Waals surface area contributed by atoms with Gasteiger partial charge in [0.25, 0.3) is 0 Å². The molecule has 0 aromatic heterocycles. The van der Waals surface area contributed by atoms with Crippen LogP contribution >= 0.6 is 0 Å². The van der Waals surface area contributed by atoms with Crippen LogP contribution in [0.15, 0.2) is 65.2 Å². The molecule has 0 bridgehead atoms. The summed E-state index contributed by atoms with van der Waals surface area (Å²) in [6.07, 6.45) is 6.25. The average Bonchev–Trinajstić information content (AvgIpc) is 2.68. The molecule has 1 aromatic carbocycles.